The van der Waals surface area contributed by atoms with Crippen LogP contribution < -0.4 is 5.32 Å². The minimum absolute atomic E-state index is 0.333. The smallest absolute Gasteiger partial charge is 0.342 e. The third-order valence-electron chi connectivity index (χ3n) is 4.41. The van der Waals surface area contributed by atoms with Crippen molar-refractivity contribution in [3.05, 3.63) is 77.1 Å². The van der Waals surface area contributed by atoms with Gasteiger partial charge in [-0.15, -0.1) is 0 Å². The van der Waals surface area contributed by atoms with Crippen LogP contribution in [0.15, 0.2) is 54.6 Å². The van der Waals surface area contributed by atoms with Crippen molar-refractivity contribution in [1.29, 1.82) is 5.26 Å². The number of hydrogen-bond donors (Lipinski definition) is 1. The number of carbonyl (C=O) groups excluding carboxylic acids is 2. The Balaban J connectivity index is 1.73. The molecule has 0 aliphatic carbocycles. The standard InChI is InChI=1S/C22H20N4O3/c1-14-20(15(2)26(25-14)19-10-5-4-6-11-19)22(28)29-16(3)21(27)24-18-9-7-8-17(12-18)13-23/h4-12,16H,1-3H3,(H,24,27)/t16-/m1/s1. The Labute approximate surface area is 168 Å². The molecule has 1 heterocycles. The monoisotopic (exact) mass is 388 g/mol. The molecule has 0 spiro atoms. The van der Waals surface area contributed by atoms with Crippen molar-refractivity contribution < 1.29 is 14.3 Å². The first kappa shape index (κ1) is 19.8. The number of aromatic nitrogens is 2. The topological polar surface area (TPSA) is 97.0 Å². The molecule has 146 valence electrons. The molecule has 1 amide bonds. The summed E-state index contributed by atoms with van der Waals surface area (Å²) in [5, 5.41) is 16.0. The number of carbonyl (C=O) groups is 2. The zero-order valence-electron chi connectivity index (χ0n) is 16.3. The number of aryl methyl sites for hydroxylation is 1. The summed E-state index contributed by atoms with van der Waals surface area (Å²) in [5.74, 6) is -1.10. The SMILES string of the molecule is Cc1nn(-c2ccccc2)c(C)c1C(=O)O[C@H](C)C(=O)Nc1cccc(C#N)c1. The molecule has 0 aliphatic rings. The molecule has 2 aromatic carbocycles. The Hall–Kier alpha value is -3.92. The van der Waals surface area contributed by atoms with Gasteiger partial charge >= 0.3 is 5.97 Å². The van der Waals surface area contributed by atoms with Gasteiger partial charge in [0.1, 0.15) is 5.56 Å². The fourth-order valence-corrected chi connectivity index (χ4v) is 2.94. The summed E-state index contributed by atoms with van der Waals surface area (Å²) in [5.41, 5.74) is 3.20. The summed E-state index contributed by atoms with van der Waals surface area (Å²) in [7, 11) is 0. The van der Waals surface area contributed by atoms with Crippen LogP contribution in [-0.4, -0.2) is 27.8 Å². The van der Waals surface area contributed by atoms with E-state index in [0.717, 1.165) is 5.69 Å². The Morgan fingerprint density at radius 1 is 1.14 bits per heavy atom. The van der Waals surface area contributed by atoms with Crippen LogP contribution in [0, 0.1) is 25.2 Å². The molecule has 3 aromatic rings. The normalized spacial score (nSPS) is 11.4. The van der Waals surface area contributed by atoms with Gasteiger partial charge in [0.25, 0.3) is 5.91 Å². The van der Waals surface area contributed by atoms with Crippen LogP contribution >= 0.6 is 0 Å². The molecule has 3 rings (SSSR count). The lowest BCUT2D eigenvalue weighted by Gasteiger charge is -2.14. The minimum atomic E-state index is -1.02. The number of rotatable bonds is 5. The second-order valence-corrected chi connectivity index (χ2v) is 6.52. The van der Waals surface area contributed by atoms with Gasteiger partial charge in [-0.25, -0.2) is 9.48 Å². The number of nitrogens with one attached hydrogen (secondary N) is 1. The molecule has 0 radical (unpaired) electrons. The molecular formula is C22H20N4O3. The summed E-state index contributed by atoms with van der Waals surface area (Å²) in [6.45, 7) is 5.00. The third kappa shape index (κ3) is 4.33. The predicted molar refractivity (Wildman–Crippen MR) is 108 cm³/mol. The highest BCUT2D eigenvalue weighted by Crippen LogP contribution is 2.19. The number of hydrogen-bond acceptors (Lipinski definition) is 5. The maximum atomic E-state index is 12.7. The van der Waals surface area contributed by atoms with Crippen LogP contribution in [0.25, 0.3) is 5.69 Å². The number of ether oxygens (including phenoxy) is 1. The molecule has 0 unspecified atom stereocenters. The van der Waals surface area contributed by atoms with Crippen molar-refractivity contribution in [2.24, 2.45) is 0 Å². The van der Waals surface area contributed by atoms with E-state index in [1.165, 1.54) is 6.92 Å². The van der Waals surface area contributed by atoms with E-state index >= 15 is 0 Å². The summed E-state index contributed by atoms with van der Waals surface area (Å²) >= 11 is 0. The molecule has 0 aliphatic heterocycles. The van der Waals surface area contributed by atoms with Crippen LogP contribution in [0.5, 0.6) is 0 Å². The minimum Gasteiger partial charge on any atom is -0.449 e. The summed E-state index contributed by atoms with van der Waals surface area (Å²) in [6, 6.07) is 18.0. The van der Waals surface area contributed by atoms with Gasteiger partial charge in [-0.05, 0) is 51.1 Å². The van der Waals surface area contributed by atoms with E-state index in [-0.39, 0.29) is 0 Å². The van der Waals surface area contributed by atoms with Crippen LogP contribution in [-0.2, 0) is 9.53 Å². The van der Waals surface area contributed by atoms with E-state index in [2.05, 4.69) is 10.4 Å². The number of anilines is 1. The van der Waals surface area contributed by atoms with Gasteiger partial charge < -0.3 is 10.1 Å². The first-order valence-corrected chi connectivity index (χ1v) is 9.04. The van der Waals surface area contributed by atoms with E-state index < -0.39 is 18.0 Å². The average molecular weight is 388 g/mol. The lowest BCUT2D eigenvalue weighted by Crippen LogP contribution is -2.30. The Kier molecular flexibility index (Phi) is 5.74. The van der Waals surface area contributed by atoms with Gasteiger partial charge in [0.15, 0.2) is 6.10 Å². The highest BCUT2D eigenvalue weighted by atomic mass is 16.5. The first-order chi connectivity index (χ1) is 13.9. The summed E-state index contributed by atoms with van der Waals surface area (Å²) < 4.78 is 7.04. The van der Waals surface area contributed by atoms with Crippen molar-refractivity contribution in [2.45, 2.75) is 26.9 Å². The molecule has 1 aromatic heterocycles. The zero-order valence-corrected chi connectivity index (χ0v) is 16.3. The maximum Gasteiger partial charge on any atom is 0.342 e. The van der Waals surface area contributed by atoms with Crippen LogP contribution in [0.3, 0.4) is 0 Å². The lowest BCUT2D eigenvalue weighted by molar-refractivity contribution is -0.123. The van der Waals surface area contributed by atoms with Gasteiger partial charge in [0.05, 0.1) is 28.7 Å². The molecule has 1 atom stereocenters. The van der Waals surface area contributed by atoms with Crippen LogP contribution in [0.4, 0.5) is 5.69 Å². The Bertz CT molecular complexity index is 1100. The Morgan fingerprint density at radius 3 is 2.55 bits per heavy atom. The van der Waals surface area contributed by atoms with E-state index in [1.807, 2.05) is 36.4 Å². The number of para-hydroxylation sites is 1. The van der Waals surface area contributed by atoms with Crippen molar-refractivity contribution in [1.82, 2.24) is 9.78 Å². The molecular weight excluding hydrogens is 368 g/mol. The van der Waals surface area contributed by atoms with Gasteiger partial charge in [-0.1, -0.05) is 24.3 Å². The molecule has 0 fully saturated rings. The lowest BCUT2D eigenvalue weighted by atomic mass is 10.2. The van der Waals surface area contributed by atoms with Crippen molar-refractivity contribution in [2.75, 3.05) is 5.32 Å². The van der Waals surface area contributed by atoms with E-state index in [0.29, 0.717) is 28.2 Å². The molecule has 29 heavy (non-hydrogen) atoms. The zero-order chi connectivity index (χ0) is 21.0. The highest BCUT2D eigenvalue weighted by Gasteiger charge is 2.25. The van der Waals surface area contributed by atoms with E-state index in [1.54, 1.807) is 42.8 Å². The number of nitrogens with zero attached hydrogens (tertiary/aromatic N) is 3. The second-order valence-electron chi connectivity index (χ2n) is 6.52. The first-order valence-electron chi connectivity index (χ1n) is 9.04. The summed E-state index contributed by atoms with van der Waals surface area (Å²) in [6.07, 6.45) is -1.02. The fourth-order valence-electron chi connectivity index (χ4n) is 2.94. The third-order valence-corrected chi connectivity index (χ3v) is 4.41. The number of benzene rings is 2. The Morgan fingerprint density at radius 2 is 1.86 bits per heavy atom. The van der Waals surface area contributed by atoms with Crippen LogP contribution in [0.2, 0.25) is 0 Å². The van der Waals surface area contributed by atoms with E-state index in [9.17, 15) is 9.59 Å². The van der Waals surface area contributed by atoms with Gasteiger partial charge in [-0.3, -0.25) is 4.79 Å². The van der Waals surface area contributed by atoms with Gasteiger partial charge in [0.2, 0.25) is 0 Å². The molecule has 0 saturated heterocycles. The molecule has 7 heteroatoms. The highest BCUT2D eigenvalue weighted by molar-refractivity contribution is 5.98. The van der Waals surface area contributed by atoms with Crippen molar-refractivity contribution >= 4 is 17.6 Å². The molecule has 7 nitrogen and oxygen atoms in total. The predicted octanol–water partition coefficient (Wildman–Crippen LogP) is 3.54. The van der Waals surface area contributed by atoms with Crippen LogP contribution in [0.1, 0.15) is 34.2 Å². The fraction of sp³-hybridized carbons (Fsp3) is 0.182. The largest absolute Gasteiger partial charge is 0.449 e. The van der Waals surface area contributed by atoms with Crippen molar-refractivity contribution in [3.8, 4) is 11.8 Å². The van der Waals surface area contributed by atoms with Gasteiger partial charge in [0, 0.05) is 5.69 Å². The molecule has 0 saturated carbocycles. The quantitative estimate of drug-likeness (QED) is 0.674. The number of esters is 1. The maximum absolute atomic E-state index is 12.7. The van der Waals surface area contributed by atoms with Gasteiger partial charge in [-0.2, -0.15) is 10.4 Å². The number of nitriles is 1. The van der Waals surface area contributed by atoms with E-state index in [4.69, 9.17) is 10.00 Å². The summed E-state index contributed by atoms with van der Waals surface area (Å²) in [4.78, 5) is 25.1. The number of amides is 1. The molecule has 1 N–H and O–H groups in total. The second kappa shape index (κ2) is 8.40. The average Bonchev–Trinajstić information content (AvgIpc) is 3.02. The molecule has 0 bridgehead atoms. The van der Waals surface area contributed by atoms with Crippen molar-refractivity contribution in [3.63, 3.8) is 0 Å².